The summed E-state index contributed by atoms with van der Waals surface area (Å²) in [5.41, 5.74) is 3.86. The van der Waals surface area contributed by atoms with Gasteiger partial charge < -0.3 is 20.1 Å². The fraction of sp³-hybridized carbons (Fsp3) is 0.346. The normalized spacial score (nSPS) is 16.6. The molecule has 0 spiro atoms. The summed E-state index contributed by atoms with van der Waals surface area (Å²) in [6.45, 7) is 1.47. The number of amides is 1. The molecule has 0 saturated carbocycles. The SMILES string of the molecule is COc1cccc2c1CCC2C(CSC(C)=O)C(=O)NC(Cc1c[nH]c2ccccc12)C(=O)O. The molecule has 0 aliphatic heterocycles. The molecule has 8 heteroatoms. The number of aromatic nitrogens is 1. The molecule has 3 unspecified atom stereocenters. The molecule has 0 saturated heterocycles. The minimum Gasteiger partial charge on any atom is -0.496 e. The molecule has 34 heavy (non-hydrogen) atoms. The van der Waals surface area contributed by atoms with Gasteiger partial charge in [0.25, 0.3) is 0 Å². The van der Waals surface area contributed by atoms with Crippen molar-refractivity contribution in [2.24, 2.45) is 5.92 Å². The molecule has 0 radical (unpaired) electrons. The van der Waals surface area contributed by atoms with Gasteiger partial charge in [-0.25, -0.2) is 4.79 Å². The molecule has 4 rings (SSSR count). The molecule has 0 bridgehead atoms. The van der Waals surface area contributed by atoms with Crippen molar-refractivity contribution in [2.45, 2.75) is 38.1 Å². The number of rotatable bonds is 9. The molecular formula is C26H28N2O5S. The van der Waals surface area contributed by atoms with Gasteiger partial charge in [0.1, 0.15) is 11.8 Å². The van der Waals surface area contributed by atoms with Crippen LogP contribution >= 0.6 is 11.8 Å². The van der Waals surface area contributed by atoms with Crippen molar-refractivity contribution in [1.82, 2.24) is 10.3 Å². The third-order valence-corrected chi connectivity index (χ3v) is 7.43. The number of carbonyl (C=O) groups excluding carboxylic acids is 2. The lowest BCUT2D eigenvalue weighted by Crippen LogP contribution is -2.46. The minimum atomic E-state index is -1.09. The van der Waals surface area contributed by atoms with E-state index in [4.69, 9.17) is 4.74 Å². The van der Waals surface area contributed by atoms with Crippen LogP contribution in [-0.2, 0) is 27.2 Å². The highest BCUT2D eigenvalue weighted by molar-refractivity contribution is 8.13. The van der Waals surface area contributed by atoms with Crippen molar-refractivity contribution < 1.29 is 24.2 Å². The molecule has 2 aromatic carbocycles. The molecule has 178 valence electrons. The smallest absolute Gasteiger partial charge is 0.326 e. The first-order valence-corrected chi connectivity index (χ1v) is 12.2. The molecule has 1 amide bonds. The van der Waals surface area contributed by atoms with E-state index < -0.39 is 17.9 Å². The van der Waals surface area contributed by atoms with Crippen molar-refractivity contribution >= 4 is 39.7 Å². The summed E-state index contributed by atoms with van der Waals surface area (Å²) < 4.78 is 5.49. The molecule has 3 atom stereocenters. The summed E-state index contributed by atoms with van der Waals surface area (Å²) in [4.78, 5) is 40.4. The van der Waals surface area contributed by atoms with Crippen LogP contribution in [0.25, 0.3) is 10.9 Å². The summed E-state index contributed by atoms with van der Waals surface area (Å²) in [5, 5.41) is 13.5. The topological polar surface area (TPSA) is 108 Å². The van der Waals surface area contributed by atoms with E-state index in [1.807, 2.05) is 42.5 Å². The van der Waals surface area contributed by atoms with E-state index in [0.29, 0.717) is 5.75 Å². The third kappa shape index (κ3) is 4.97. The van der Waals surface area contributed by atoms with Crippen LogP contribution in [0, 0.1) is 5.92 Å². The maximum Gasteiger partial charge on any atom is 0.326 e. The van der Waals surface area contributed by atoms with E-state index in [2.05, 4.69) is 10.3 Å². The summed E-state index contributed by atoms with van der Waals surface area (Å²) in [6, 6.07) is 12.4. The number of aromatic amines is 1. The lowest BCUT2D eigenvalue weighted by atomic mass is 9.87. The van der Waals surface area contributed by atoms with Crippen LogP contribution < -0.4 is 10.1 Å². The van der Waals surface area contributed by atoms with Crippen LogP contribution in [0.2, 0.25) is 0 Å². The second-order valence-electron chi connectivity index (χ2n) is 8.55. The molecular weight excluding hydrogens is 452 g/mol. The number of hydrogen-bond donors (Lipinski definition) is 3. The fourth-order valence-corrected chi connectivity index (χ4v) is 5.64. The number of thioether (sulfide) groups is 1. The monoisotopic (exact) mass is 480 g/mol. The van der Waals surface area contributed by atoms with Crippen molar-refractivity contribution in [3.05, 3.63) is 65.4 Å². The first kappa shape index (κ1) is 23.9. The van der Waals surface area contributed by atoms with Gasteiger partial charge in [-0.15, -0.1) is 0 Å². The Morgan fingerprint density at radius 1 is 1.21 bits per heavy atom. The maximum absolute atomic E-state index is 13.5. The molecule has 0 fully saturated rings. The Bertz CT molecular complexity index is 1220. The van der Waals surface area contributed by atoms with Crippen molar-refractivity contribution in [3.8, 4) is 5.75 Å². The first-order valence-electron chi connectivity index (χ1n) is 11.3. The molecule has 7 nitrogen and oxygen atoms in total. The Labute approximate surface area is 202 Å². The Hall–Kier alpha value is -3.26. The number of ether oxygens (including phenoxy) is 1. The zero-order valence-corrected chi connectivity index (χ0v) is 20.0. The molecule has 3 aromatic rings. The molecule has 1 heterocycles. The highest BCUT2D eigenvalue weighted by Crippen LogP contribution is 2.43. The number of carboxylic acid groups (broad SMARTS) is 1. The van der Waals surface area contributed by atoms with Crippen LogP contribution in [0.15, 0.2) is 48.7 Å². The molecule has 1 aromatic heterocycles. The van der Waals surface area contributed by atoms with E-state index in [1.54, 1.807) is 13.3 Å². The number of H-pyrrole nitrogens is 1. The second kappa shape index (κ2) is 10.3. The largest absolute Gasteiger partial charge is 0.496 e. The number of nitrogens with one attached hydrogen (secondary N) is 2. The average molecular weight is 481 g/mol. The van der Waals surface area contributed by atoms with Crippen LogP contribution in [0.5, 0.6) is 5.75 Å². The summed E-state index contributed by atoms with van der Waals surface area (Å²) in [7, 11) is 1.63. The Balaban J connectivity index is 1.57. The maximum atomic E-state index is 13.5. The standard InChI is InChI=1S/C26H28N2O5S/c1-15(29)34-14-21(19-10-11-20-18(19)7-5-9-24(20)33-2)25(30)28-23(26(31)32)12-16-13-27-22-8-4-3-6-17(16)22/h3-9,13,19,21,23,27H,10-12,14H2,1-2H3,(H,28,30)(H,31,32). The summed E-state index contributed by atoms with van der Waals surface area (Å²) in [5.74, 6) is -0.999. The van der Waals surface area contributed by atoms with Gasteiger partial charge in [0.05, 0.1) is 13.0 Å². The number of carbonyl (C=O) groups is 3. The number of carboxylic acids is 1. The van der Waals surface area contributed by atoms with Gasteiger partial charge in [0, 0.05) is 36.2 Å². The van der Waals surface area contributed by atoms with Gasteiger partial charge in [-0.3, -0.25) is 9.59 Å². The quantitative estimate of drug-likeness (QED) is 0.429. The van der Waals surface area contributed by atoms with Gasteiger partial charge in [0.2, 0.25) is 5.91 Å². The van der Waals surface area contributed by atoms with E-state index in [9.17, 15) is 19.5 Å². The van der Waals surface area contributed by atoms with E-state index >= 15 is 0 Å². The molecule has 1 aliphatic rings. The zero-order chi connectivity index (χ0) is 24.2. The molecule has 3 N–H and O–H groups in total. The lowest BCUT2D eigenvalue weighted by Gasteiger charge is -2.25. The number of para-hydroxylation sites is 1. The number of benzene rings is 2. The average Bonchev–Trinajstić information content (AvgIpc) is 3.43. The van der Waals surface area contributed by atoms with E-state index in [1.165, 1.54) is 6.92 Å². The predicted octanol–water partition coefficient (Wildman–Crippen LogP) is 3.91. The van der Waals surface area contributed by atoms with Crippen LogP contribution in [0.3, 0.4) is 0 Å². The van der Waals surface area contributed by atoms with Crippen molar-refractivity contribution in [3.63, 3.8) is 0 Å². The van der Waals surface area contributed by atoms with Crippen LogP contribution in [-0.4, -0.2) is 46.0 Å². The first-order chi connectivity index (χ1) is 16.4. The predicted molar refractivity (Wildman–Crippen MR) is 132 cm³/mol. The van der Waals surface area contributed by atoms with Gasteiger partial charge in [-0.1, -0.05) is 42.1 Å². The Morgan fingerprint density at radius 2 is 2.00 bits per heavy atom. The van der Waals surface area contributed by atoms with Crippen LogP contribution in [0.1, 0.15) is 36.0 Å². The van der Waals surface area contributed by atoms with Gasteiger partial charge in [-0.05, 0) is 47.6 Å². The molecule has 1 aliphatic carbocycles. The Morgan fingerprint density at radius 3 is 2.74 bits per heavy atom. The van der Waals surface area contributed by atoms with E-state index in [0.717, 1.165) is 57.9 Å². The number of aliphatic carboxylic acids is 1. The van der Waals surface area contributed by atoms with Crippen molar-refractivity contribution in [1.29, 1.82) is 0 Å². The third-order valence-electron chi connectivity index (χ3n) is 6.50. The zero-order valence-electron chi connectivity index (χ0n) is 19.2. The highest BCUT2D eigenvalue weighted by Gasteiger charge is 2.37. The van der Waals surface area contributed by atoms with Crippen LogP contribution in [0.4, 0.5) is 0 Å². The number of methoxy groups -OCH3 is 1. The number of fused-ring (bicyclic) bond motifs is 2. The van der Waals surface area contributed by atoms with E-state index in [-0.39, 0.29) is 23.4 Å². The van der Waals surface area contributed by atoms with Gasteiger partial charge in [0.15, 0.2) is 5.12 Å². The summed E-state index contributed by atoms with van der Waals surface area (Å²) in [6.07, 6.45) is 3.46. The number of hydrogen-bond acceptors (Lipinski definition) is 5. The van der Waals surface area contributed by atoms with Gasteiger partial charge >= 0.3 is 5.97 Å². The van der Waals surface area contributed by atoms with Crippen molar-refractivity contribution in [2.75, 3.05) is 12.9 Å². The Kier molecular flexibility index (Phi) is 7.26. The summed E-state index contributed by atoms with van der Waals surface area (Å²) >= 11 is 1.10. The lowest BCUT2D eigenvalue weighted by molar-refractivity contribution is -0.142. The highest BCUT2D eigenvalue weighted by atomic mass is 32.2. The minimum absolute atomic E-state index is 0.0739. The second-order valence-corrected chi connectivity index (χ2v) is 9.74. The fourth-order valence-electron chi connectivity index (χ4n) is 4.84. The van der Waals surface area contributed by atoms with Gasteiger partial charge in [-0.2, -0.15) is 0 Å².